The van der Waals surface area contributed by atoms with Gasteiger partial charge in [0.1, 0.15) is 30.8 Å². The van der Waals surface area contributed by atoms with Crippen LogP contribution in [0.15, 0.2) is 24.8 Å². The third kappa shape index (κ3) is 4.12. The van der Waals surface area contributed by atoms with Gasteiger partial charge in [-0.1, -0.05) is 37.8 Å². The fourth-order valence-corrected chi connectivity index (χ4v) is 5.98. The lowest BCUT2D eigenvalue weighted by Crippen LogP contribution is -2.28. The van der Waals surface area contributed by atoms with E-state index in [2.05, 4.69) is 20.3 Å². The number of fused-ring (bicyclic) bond motifs is 2. The monoisotopic (exact) mass is 471 g/mol. The van der Waals surface area contributed by atoms with Gasteiger partial charge in [-0.3, -0.25) is 4.57 Å². The van der Waals surface area contributed by atoms with Gasteiger partial charge in [0, 0.05) is 12.0 Å². The first-order valence-electron chi connectivity index (χ1n) is 12.8. The Hall–Kier alpha value is -2.10. The number of hydrogen-bond donors (Lipinski definition) is 1. The zero-order valence-electron chi connectivity index (χ0n) is 19.9. The van der Waals surface area contributed by atoms with E-state index in [-0.39, 0.29) is 24.2 Å². The van der Waals surface area contributed by atoms with Crippen molar-refractivity contribution >= 4 is 17.0 Å². The van der Waals surface area contributed by atoms with Crippen LogP contribution in [-0.2, 0) is 14.2 Å². The Morgan fingerprint density at radius 3 is 2.59 bits per heavy atom. The largest absolute Gasteiger partial charge is 0.365 e. The molecule has 184 valence electrons. The first-order chi connectivity index (χ1) is 16.5. The number of nitrogens with zero attached hydrogens (tertiary/aromatic N) is 4. The van der Waals surface area contributed by atoms with Gasteiger partial charge in [-0.05, 0) is 39.5 Å². The highest BCUT2D eigenvalue weighted by Gasteiger charge is 2.55. The maximum absolute atomic E-state index is 14.4. The van der Waals surface area contributed by atoms with E-state index in [4.69, 9.17) is 14.2 Å². The summed E-state index contributed by atoms with van der Waals surface area (Å²) in [7, 11) is 0. The van der Waals surface area contributed by atoms with E-state index >= 15 is 0 Å². The Morgan fingerprint density at radius 1 is 1.00 bits per heavy atom. The molecular formula is C25H34FN5O3. The van der Waals surface area contributed by atoms with Gasteiger partial charge in [-0.15, -0.1) is 0 Å². The van der Waals surface area contributed by atoms with Crippen molar-refractivity contribution < 1.29 is 18.6 Å². The molecule has 34 heavy (non-hydrogen) atoms. The van der Waals surface area contributed by atoms with Gasteiger partial charge in [0.05, 0.1) is 6.33 Å². The molecule has 8 nitrogen and oxygen atoms in total. The van der Waals surface area contributed by atoms with Crippen LogP contribution in [0.5, 0.6) is 0 Å². The molecule has 6 rings (SSSR count). The number of alkyl halides is 1. The van der Waals surface area contributed by atoms with E-state index < -0.39 is 18.2 Å². The van der Waals surface area contributed by atoms with Crippen molar-refractivity contribution in [2.75, 3.05) is 5.32 Å². The number of halogens is 1. The maximum Gasteiger partial charge on any atom is 0.167 e. The summed E-state index contributed by atoms with van der Waals surface area (Å²) in [5, 5.41) is 3.55. The number of allylic oxidation sites excluding steroid dienone is 1. The smallest absolute Gasteiger partial charge is 0.167 e. The van der Waals surface area contributed by atoms with Crippen molar-refractivity contribution in [2.24, 2.45) is 5.92 Å². The zero-order chi connectivity index (χ0) is 23.3. The highest BCUT2D eigenvalue weighted by Crippen LogP contribution is 2.44. The van der Waals surface area contributed by atoms with Crippen molar-refractivity contribution in [1.82, 2.24) is 19.5 Å². The second kappa shape index (κ2) is 8.84. The molecule has 2 aliphatic heterocycles. The van der Waals surface area contributed by atoms with Gasteiger partial charge in [0.15, 0.2) is 29.0 Å². The minimum atomic E-state index is -0.782. The molecule has 2 aromatic rings. The fraction of sp³-hybridized carbons (Fsp3) is 0.720. The van der Waals surface area contributed by atoms with Crippen LogP contribution in [0.3, 0.4) is 0 Å². The third-order valence-electron chi connectivity index (χ3n) is 7.67. The summed E-state index contributed by atoms with van der Waals surface area (Å²) in [6.45, 7) is 3.83. The molecule has 1 N–H and O–H groups in total. The predicted molar refractivity (Wildman–Crippen MR) is 125 cm³/mol. The standard InChI is InChI=1S/C25H34FN5O3/c1-25(2)33-20-18(12-11-15-7-3-6-10-17(15)26)32-24(21(20)34-25)31-14-29-19-22(27-13-28-23(19)31)30-16-8-4-5-9-16/h11-18,20-21,24H,3-10H2,1-2H3,(H,27,28,30). The van der Waals surface area contributed by atoms with Gasteiger partial charge in [-0.2, -0.15) is 0 Å². The summed E-state index contributed by atoms with van der Waals surface area (Å²) in [5.41, 5.74) is 1.43. The minimum absolute atomic E-state index is 0.0591. The van der Waals surface area contributed by atoms with E-state index in [1.807, 2.05) is 30.6 Å². The number of rotatable bonds is 5. The molecule has 6 unspecified atom stereocenters. The number of ether oxygens (including phenoxy) is 3. The fourth-order valence-electron chi connectivity index (χ4n) is 5.98. The van der Waals surface area contributed by atoms with Gasteiger partial charge in [-0.25, -0.2) is 19.3 Å². The maximum atomic E-state index is 14.4. The summed E-state index contributed by atoms with van der Waals surface area (Å²) in [6.07, 6.45) is 13.5. The lowest BCUT2D eigenvalue weighted by molar-refractivity contribution is -0.191. The molecule has 6 atom stereocenters. The topological polar surface area (TPSA) is 83.3 Å². The number of aromatic nitrogens is 4. The number of imidazole rings is 1. The molecule has 2 saturated carbocycles. The summed E-state index contributed by atoms with van der Waals surface area (Å²) < 4.78 is 35.3. The highest BCUT2D eigenvalue weighted by molar-refractivity contribution is 5.82. The first-order valence-corrected chi connectivity index (χ1v) is 12.8. The van der Waals surface area contributed by atoms with E-state index in [0.717, 1.165) is 43.4 Å². The third-order valence-corrected chi connectivity index (χ3v) is 7.67. The van der Waals surface area contributed by atoms with Crippen molar-refractivity contribution in [2.45, 2.75) is 108 Å². The minimum Gasteiger partial charge on any atom is -0.365 e. The molecule has 0 bridgehead atoms. The molecule has 4 heterocycles. The Labute approximate surface area is 199 Å². The van der Waals surface area contributed by atoms with Crippen LogP contribution in [0.2, 0.25) is 0 Å². The van der Waals surface area contributed by atoms with Crippen molar-refractivity contribution in [3.8, 4) is 0 Å². The van der Waals surface area contributed by atoms with Crippen LogP contribution in [0.25, 0.3) is 11.2 Å². The highest BCUT2D eigenvalue weighted by atomic mass is 19.1. The molecule has 0 amide bonds. The van der Waals surface area contributed by atoms with Crippen molar-refractivity contribution in [3.05, 3.63) is 24.8 Å². The molecule has 4 aliphatic rings. The molecule has 4 fully saturated rings. The van der Waals surface area contributed by atoms with Crippen molar-refractivity contribution in [1.29, 1.82) is 0 Å². The molecule has 9 heteroatoms. The lowest BCUT2D eigenvalue weighted by Gasteiger charge is -2.25. The molecule has 0 radical (unpaired) electrons. The second-order valence-corrected chi connectivity index (χ2v) is 10.6. The van der Waals surface area contributed by atoms with Crippen LogP contribution in [0.1, 0.15) is 71.4 Å². The molecule has 0 aromatic carbocycles. The zero-order valence-corrected chi connectivity index (χ0v) is 19.9. The predicted octanol–water partition coefficient (Wildman–Crippen LogP) is 4.68. The van der Waals surface area contributed by atoms with E-state index in [1.54, 1.807) is 12.7 Å². The molecular weight excluding hydrogens is 437 g/mol. The molecule has 2 aliphatic carbocycles. The van der Waals surface area contributed by atoms with E-state index in [9.17, 15) is 4.39 Å². The van der Waals surface area contributed by atoms with Crippen LogP contribution >= 0.6 is 0 Å². The Kier molecular flexibility index (Phi) is 5.82. The van der Waals surface area contributed by atoms with Crippen LogP contribution in [-0.4, -0.2) is 55.8 Å². The van der Waals surface area contributed by atoms with Crippen LogP contribution < -0.4 is 5.32 Å². The Morgan fingerprint density at radius 2 is 1.76 bits per heavy atom. The number of hydrogen-bond acceptors (Lipinski definition) is 7. The van der Waals surface area contributed by atoms with Crippen molar-refractivity contribution in [3.63, 3.8) is 0 Å². The Balaban J connectivity index is 1.28. The first kappa shape index (κ1) is 22.4. The van der Waals surface area contributed by atoms with E-state index in [1.165, 1.54) is 12.8 Å². The lowest BCUT2D eigenvalue weighted by atomic mass is 9.87. The van der Waals surface area contributed by atoms with Crippen LogP contribution in [0.4, 0.5) is 10.2 Å². The average molecular weight is 472 g/mol. The molecule has 2 saturated heterocycles. The number of nitrogens with one attached hydrogen (secondary N) is 1. The van der Waals surface area contributed by atoms with Gasteiger partial charge in [0.25, 0.3) is 0 Å². The van der Waals surface area contributed by atoms with Gasteiger partial charge >= 0.3 is 0 Å². The Bertz CT molecular complexity index is 1050. The number of anilines is 1. The van der Waals surface area contributed by atoms with E-state index in [0.29, 0.717) is 18.1 Å². The summed E-state index contributed by atoms with van der Waals surface area (Å²) in [6, 6.07) is 0.427. The summed E-state index contributed by atoms with van der Waals surface area (Å²) in [5.74, 6) is -0.0228. The second-order valence-electron chi connectivity index (χ2n) is 10.6. The summed E-state index contributed by atoms with van der Waals surface area (Å²) in [4.78, 5) is 13.6. The van der Waals surface area contributed by atoms with Gasteiger partial charge < -0.3 is 19.5 Å². The SMILES string of the molecule is CC1(C)OC2C(C=CC3CCCCC3F)OC(n3cnc4c(NC5CCCC5)ncnc43)C2O1. The summed E-state index contributed by atoms with van der Waals surface area (Å²) >= 11 is 0. The van der Waals surface area contributed by atoms with Crippen LogP contribution in [0, 0.1) is 5.92 Å². The average Bonchev–Trinajstić information content (AvgIpc) is 3.58. The van der Waals surface area contributed by atoms with Gasteiger partial charge in [0.2, 0.25) is 0 Å². The molecule has 0 spiro atoms. The quantitative estimate of drug-likeness (QED) is 0.634. The normalized spacial score (nSPS) is 36.0. The molecule has 2 aromatic heterocycles.